The maximum Gasteiger partial charge on any atom is 0.197 e. The molecule has 5 rings (SSSR count). The summed E-state index contributed by atoms with van der Waals surface area (Å²) in [6.45, 7) is 13.4. The molecule has 0 spiro atoms. The van der Waals surface area contributed by atoms with E-state index in [4.69, 9.17) is 0 Å². The third-order valence-corrected chi connectivity index (χ3v) is 6.57. The second-order valence-electron chi connectivity index (χ2n) is 8.60. The van der Waals surface area contributed by atoms with E-state index in [9.17, 15) is 9.59 Å². The number of benzene rings is 3. The lowest BCUT2D eigenvalue weighted by Crippen LogP contribution is -2.03. The van der Waals surface area contributed by atoms with E-state index < -0.39 is 0 Å². The Kier molecular flexibility index (Phi) is 5.83. The van der Waals surface area contributed by atoms with Crippen molar-refractivity contribution in [1.29, 1.82) is 0 Å². The summed E-state index contributed by atoms with van der Waals surface area (Å²) in [6.07, 6.45) is 10.5. The van der Waals surface area contributed by atoms with Crippen LogP contribution in [0.3, 0.4) is 0 Å². The standard InChI is InChI=1S/C33H25NO2/c1-5-11-27-28-12-9-10-13-31(28)34(30(27)8-4)24-17-16-22-18-21(14-15-23(22)20-24)19-29-32(35)25(6-2)26(7-3)33(29)36/h5-20H,2-4H2,1H3/b11-5-. The van der Waals surface area contributed by atoms with Crippen molar-refractivity contribution in [3.63, 3.8) is 0 Å². The minimum atomic E-state index is -0.311. The molecule has 1 aliphatic carbocycles. The molecule has 0 atom stereocenters. The molecule has 0 unspecified atom stereocenters. The van der Waals surface area contributed by atoms with Gasteiger partial charge >= 0.3 is 0 Å². The van der Waals surface area contributed by atoms with Crippen molar-refractivity contribution in [1.82, 2.24) is 4.57 Å². The molecule has 1 aromatic heterocycles. The average Bonchev–Trinajstić information content (AvgIpc) is 3.34. The molecule has 36 heavy (non-hydrogen) atoms. The zero-order chi connectivity index (χ0) is 25.4. The first-order valence-electron chi connectivity index (χ1n) is 11.7. The summed E-state index contributed by atoms with van der Waals surface area (Å²) in [5, 5.41) is 3.23. The van der Waals surface area contributed by atoms with Crippen molar-refractivity contribution in [2.45, 2.75) is 6.92 Å². The number of para-hydroxylation sites is 1. The third kappa shape index (κ3) is 3.53. The second kappa shape index (κ2) is 9.12. The highest BCUT2D eigenvalue weighted by Crippen LogP contribution is 2.33. The van der Waals surface area contributed by atoms with E-state index in [-0.39, 0.29) is 17.1 Å². The SMILES string of the molecule is C=CC1=C(C=C)C(=O)C(=Cc2ccc3cc(-n4c(C=C)c(/C=C\C)c5ccccc54)ccc3c2)C1=O. The van der Waals surface area contributed by atoms with E-state index in [1.54, 1.807) is 6.08 Å². The van der Waals surface area contributed by atoms with Gasteiger partial charge in [0.15, 0.2) is 11.6 Å². The summed E-state index contributed by atoms with van der Waals surface area (Å²) in [4.78, 5) is 25.4. The van der Waals surface area contributed by atoms with Gasteiger partial charge in [0.2, 0.25) is 0 Å². The van der Waals surface area contributed by atoms with Gasteiger partial charge in [-0.25, -0.2) is 0 Å². The van der Waals surface area contributed by atoms with Crippen molar-refractivity contribution in [3.05, 3.63) is 132 Å². The minimum Gasteiger partial charge on any atom is -0.309 e. The number of fused-ring (bicyclic) bond motifs is 2. The highest BCUT2D eigenvalue weighted by atomic mass is 16.2. The van der Waals surface area contributed by atoms with Gasteiger partial charge in [0.05, 0.1) is 16.8 Å². The summed E-state index contributed by atoms with van der Waals surface area (Å²) in [6, 6.07) is 20.5. The van der Waals surface area contributed by atoms with Crippen LogP contribution in [0.4, 0.5) is 0 Å². The molecule has 0 amide bonds. The topological polar surface area (TPSA) is 39.1 Å². The first kappa shape index (κ1) is 23.0. The van der Waals surface area contributed by atoms with Crippen LogP contribution in [0, 0.1) is 0 Å². The summed E-state index contributed by atoms with van der Waals surface area (Å²) < 4.78 is 2.22. The number of allylic oxidation sites excluding steroid dienone is 6. The third-order valence-electron chi connectivity index (χ3n) is 6.57. The van der Waals surface area contributed by atoms with Crippen LogP contribution < -0.4 is 0 Å². The Hall–Kier alpha value is -4.76. The number of ketones is 2. The van der Waals surface area contributed by atoms with E-state index in [2.05, 4.69) is 60.7 Å². The lowest BCUT2D eigenvalue weighted by atomic mass is 10.0. The number of Topliss-reactive ketones (excluding diaryl/α,β-unsaturated/α-hetero) is 2. The monoisotopic (exact) mass is 467 g/mol. The minimum absolute atomic E-state index is 0.140. The van der Waals surface area contributed by atoms with E-state index in [1.165, 1.54) is 17.5 Å². The predicted molar refractivity (Wildman–Crippen MR) is 151 cm³/mol. The lowest BCUT2D eigenvalue weighted by Gasteiger charge is -2.11. The Morgan fingerprint density at radius 1 is 0.778 bits per heavy atom. The number of carbonyl (C=O) groups is 2. The summed E-state index contributed by atoms with van der Waals surface area (Å²) in [5.74, 6) is -0.623. The van der Waals surface area contributed by atoms with E-state index in [0.717, 1.165) is 38.8 Å². The van der Waals surface area contributed by atoms with Gasteiger partial charge in [-0.15, -0.1) is 0 Å². The van der Waals surface area contributed by atoms with Crippen LogP contribution in [0.2, 0.25) is 0 Å². The Morgan fingerprint density at radius 3 is 2.11 bits per heavy atom. The van der Waals surface area contributed by atoms with Crippen LogP contribution in [-0.4, -0.2) is 16.1 Å². The fourth-order valence-corrected chi connectivity index (χ4v) is 4.93. The quantitative estimate of drug-likeness (QED) is 0.216. The van der Waals surface area contributed by atoms with E-state index in [0.29, 0.717) is 11.1 Å². The largest absolute Gasteiger partial charge is 0.309 e. The molecule has 0 fully saturated rings. The molecular weight excluding hydrogens is 442 g/mol. The highest BCUT2D eigenvalue weighted by molar-refractivity contribution is 6.41. The molecule has 0 saturated heterocycles. The number of hydrogen-bond donors (Lipinski definition) is 0. The van der Waals surface area contributed by atoms with Gasteiger partial charge in [-0.1, -0.05) is 80.4 Å². The zero-order valence-electron chi connectivity index (χ0n) is 20.1. The van der Waals surface area contributed by atoms with Gasteiger partial charge in [-0.05, 0) is 59.7 Å². The molecule has 0 bridgehead atoms. The molecule has 3 nitrogen and oxygen atoms in total. The molecule has 1 heterocycles. The van der Waals surface area contributed by atoms with Crippen molar-refractivity contribution in [2.24, 2.45) is 0 Å². The van der Waals surface area contributed by atoms with Crippen molar-refractivity contribution >= 4 is 51.5 Å². The number of carbonyl (C=O) groups excluding carboxylic acids is 2. The van der Waals surface area contributed by atoms with Gasteiger partial charge in [-0.3, -0.25) is 9.59 Å². The molecule has 0 radical (unpaired) electrons. The van der Waals surface area contributed by atoms with Crippen molar-refractivity contribution in [2.75, 3.05) is 0 Å². The number of aromatic nitrogens is 1. The van der Waals surface area contributed by atoms with Crippen LogP contribution >= 0.6 is 0 Å². The zero-order valence-corrected chi connectivity index (χ0v) is 20.1. The Labute approximate surface area is 210 Å². The smallest absolute Gasteiger partial charge is 0.197 e. The highest BCUT2D eigenvalue weighted by Gasteiger charge is 2.32. The van der Waals surface area contributed by atoms with E-state index in [1.807, 2.05) is 49.4 Å². The first-order chi connectivity index (χ1) is 17.5. The van der Waals surface area contributed by atoms with Crippen molar-refractivity contribution < 1.29 is 9.59 Å². The molecule has 3 aromatic carbocycles. The fraction of sp³-hybridized carbons (Fsp3) is 0.0303. The number of hydrogen-bond acceptors (Lipinski definition) is 2. The Morgan fingerprint density at radius 2 is 1.44 bits per heavy atom. The molecule has 0 N–H and O–H groups in total. The van der Waals surface area contributed by atoms with Gasteiger partial charge < -0.3 is 4.57 Å². The van der Waals surface area contributed by atoms with Crippen LogP contribution in [-0.2, 0) is 9.59 Å². The van der Waals surface area contributed by atoms with Crippen molar-refractivity contribution in [3.8, 4) is 5.69 Å². The second-order valence-corrected chi connectivity index (χ2v) is 8.60. The molecule has 0 aliphatic heterocycles. The number of nitrogens with zero attached hydrogens (tertiary/aromatic N) is 1. The maximum atomic E-state index is 12.7. The van der Waals surface area contributed by atoms with Crippen LogP contribution in [0.15, 0.2) is 115 Å². The predicted octanol–water partition coefficient (Wildman–Crippen LogP) is 7.66. The molecular formula is C33H25NO2. The Bertz CT molecular complexity index is 1690. The van der Waals surface area contributed by atoms with Gasteiger partial charge in [0, 0.05) is 27.8 Å². The fourth-order valence-electron chi connectivity index (χ4n) is 4.93. The molecule has 3 heteroatoms. The summed E-state index contributed by atoms with van der Waals surface area (Å²) in [5.41, 5.74) is 5.87. The lowest BCUT2D eigenvalue weighted by molar-refractivity contribution is -0.115. The van der Waals surface area contributed by atoms with E-state index >= 15 is 0 Å². The summed E-state index contributed by atoms with van der Waals surface area (Å²) in [7, 11) is 0. The normalized spacial score (nSPS) is 13.9. The van der Waals surface area contributed by atoms with Crippen LogP contribution in [0.1, 0.15) is 23.7 Å². The molecule has 0 saturated carbocycles. The molecule has 174 valence electrons. The Balaban J connectivity index is 1.60. The molecule has 4 aromatic rings. The van der Waals surface area contributed by atoms with Crippen LogP contribution in [0.25, 0.3) is 45.6 Å². The average molecular weight is 468 g/mol. The van der Waals surface area contributed by atoms with Gasteiger partial charge in [0.1, 0.15) is 0 Å². The van der Waals surface area contributed by atoms with Crippen LogP contribution in [0.5, 0.6) is 0 Å². The number of rotatable bonds is 6. The summed E-state index contributed by atoms with van der Waals surface area (Å²) >= 11 is 0. The first-order valence-corrected chi connectivity index (χ1v) is 11.7. The molecule has 1 aliphatic rings. The van der Waals surface area contributed by atoms with Gasteiger partial charge in [-0.2, -0.15) is 0 Å². The van der Waals surface area contributed by atoms with Gasteiger partial charge in [0.25, 0.3) is 0 Å². The maximum absolute atomic E-state index is 12.7.